The van der Waals surface area contributed by atoms with Gasteiger partial charge in [0, 0.05) is 49.9 Å². The Labute approximate surface area is 147 Å². The average Bonchev–Trinajstić information content (AvgIpc) is 3.17. The maximum absolute atomic E-state index is 13.1. The first-order valence-corrected chi connectivity index (χ1v) is 8.69. The third-order valence-corrected chi connectivity index (χ3v) is 5.56. The number of nitrogens with zero attached hydrogens (tertiary/aromatic N) is 3. The molecule has 0 saturated carbocycles. The summed E-state index contributed by atoms with van der Waals surface area (Å²) in [5.74, 6) is 1.39. The van der Waals surface area contributed by atoms with Crippen LogP contribution in [0.25, 0.3) is 0 Å². The number of methoxy groups -OCH3 is 1. The molecule has 1 N–H and O–H groups in total. The van der Waals surface area contributed by atoms with E-state index in [2.05, 4.69) is 4.98 Å². The summed E-state index contributed by atoms with van der Waals surface area (Å²) >= 11 is 0. The summed E-state index contributed by atoms with van der Waals surface area (Å²) in [6.07, 6.45) is 6.47. The maximum Gasteiger partial charge on any atom is 0.254 e. The van der Waals surface area contributed by atoms with Crippen molar-refractivity contribution in [2.24, 2.45) is 7.05 Å². The van der Waals surface area contributed by atoms with E-state index < -0.39 is 5.60 Å². The van der Waals surface area contributed by atoms with Crippen LogP contribution in [-0.2, 0) is 12.6 Å². The van der Waals surface area contributed by atoms with Gasteiger partial charge >= 0.3 is 0 Å². The number of benzene rings is 1. The van der Waals surface area contributed by atoms with Crippen LogP contribution in [0.4, 0.5) is 0 Å². The Bertz CT molecular complexity index is 787. The number of carbonyl (C=O) groups excluding carboxylic acids is 1. The predicted molar refractivity (Wildman–Crippen MR) is 92.3 cm³/mol. The van der Waals surface area contributed by atoms with Crippen molar-refractivity contribution in [2.75, 3.05) is 7.11 Å². The molecule has 2 fully saturated rings. The lowest BCUT2D eigenvalue weighted by Crippen LogP contribution is -2.52. The zero-order valence-electron chi connectivity index (χ0n) is 14.6. The molecule has 1 aromatic heterocycles. The van der Waals surface area contributed by atoms with Crippen LogP contribution in [0.2, 0.25) is 0 Å². The van der Waals surface area contributed by atoms with Gasteiger partial charge in [-0.1, -0.05) is 6.07 Å². The number of fused-ring (bicyclic) bond motifs is 2. The summed E-state index contributed by atoms with van der Waals surface area (Å²) in [5.41, 5.74) is -0.325. The fourth-order valence-corrected chi connectivity index (χ4v) is 4.46. The van der Waals surface area contributed by atoms with Gasteiger partial charge in [-0.25, -0.2) is 4.98 Å². The van der Waals surface area contributed by atoms with Crippen molar-refractivity contribution in [1.29, 1.82) is 0 Å². The van der Waals surface area contributed by atoms with Crippen molar-refractivity contribution in [1.82, 2.24) is 14.5 Å². The Morgan fingerprint density at radius 3 is 2.64 bits per heavy atom. The molecule has 1 unspecified atom stereocenters. The van der Waals surface area contributed by atoms with Crippen molar-refractivity contribution in [2.45, 2.75) is 43.4 Å². The second kappa shape index (κ2) is 5.88. The third-order valence-electron chi connectivity index (χ3n) is 5.56. The summed E-state index contributed by atoms with van der Waals surface area (Å²) in [6, 6.07) is 7.35. The largest absolute Gasteiger partial charge is 0.497 e. The van der Waals surface area contributed by atoms with Gasteiger partial charge in [-0.3, -0.25) is 4.79 Å². The molecule has 2 saturated heterocycles. The van der Waals surface area contributed by atoms with Crippen LogP contribution in [0, 0.1) is 0 Å². The Balaban J connectivity index is 1.60. The second-order valence-corrected chi connectivity index (χ2v) is 7.13. The van der Waals surface area contributed by atoms with Crippen LogP contribution in [0.15, 0.2) is 36.7 Å². The number of hydrogen-bond donors (Lipinski definition) is 1. The summed E-state index contributed by atoms with van der Waals surface area (Å²) < 4.78 is 7.11. The first-order chi connectivity index (χ1) is 12.0. The van der Waals surface area contributed by atoms with Gasteiger partial charge in [0.05, 0.1) is 7.11 Å². The topological polar surface area (TPSA) is 67.6 Å². The van der Waals surface area contributed by atoms with Gasteiger partial charge in [0.15, 0.2) is 0 Å². The summed E-state index contributed by atoms with van der Waals surface area (Å²) in [6.45, 7) is 0. The number of hydrogen-bond acceptors (Lipinski definition) is 4. The van der Waals surface area contributed by atoms with Crippen LogP contribution in [-0.4, -0.2) is 44.7 Å². The molecule has 2 aliphatic heterocycles. The minimum atomic E-state index is -0.963. The van der Waals surface area contributed by atoms with E-state index in [0.29, 0.717) is 30.0 Å². The number of ether oxygens (including phenoxy) is 1. The third kappa shape index (κ3) is 2.61. The normalized spacial score (nSPS) is 28.2. The van der Waals surface area contributed by atoms with Gasteiger partial charge in [0.2, 0.25) is 0 Å². The molecular formula is C19H23N3O3. The molecule has 0 aliphatic carbocycles. The van der Waals surface area contributed by atoms with Crippen LogP contribution in [0.1, 0.15) is 41.9 Å². The monoisotopic (exact) mass is 341 g/mol. The number of rotatable bonds is 3. The minimum absolute atomic E-state index is 0.0216. The lowest BCUT2D eigenvalue weighted by Gasteiger charge is -2.43. The van der Waals surface area contributed by atoms with Crippen molar-refractivity contribution in [3.63, 3.8) is 0 Å². The Morgan fingerprint density at radius 1 is 1.32 bits per heavy atom. The minimum Gasteiger partial charge on any atom is -0.497 e. The highest BCUT2D eigenvalue weighted by Gasteiger charge is 2.51. The highest BCUT2D eigenvalue weighted by atomic mass is 16.5. The maximum atomic E-state index is 13.1. The lowest BCUT2D eigenvalue weighted by atomic mass is 9.85. The molecule has 0 spiro atoms. The first-order valence-electron chi connectivity index (χ1n) is 8.69. The van der Waals surface area contributed by atoms with Crippen LogP contribution in [0.3, 0.4) is 0 Å². The number of aromatic nitrogens is 2. The van der Waals surface area contributed by atoms with Gasteiger partial charge in [0.1, 0.15) is 17.2 Å². The van der Waals surface area contributed by atoms with E-state index in [0.717, 1.165) is 12.8 Å². The van der Waals surface area contributed by atoms with Gasteiger partial charge in [0.25, 0.3) is 5.91 Å². The number of amides is 1. The zero-order chi connectivity index (χ0) is 17.6. The summed E-state index contributed by atoms with van der Waals surface area (Å²) in [4.78, 5) is 19.4. The van der Waals surface area contributed by atoms with Gasteiger partial charge in [-0.15, -0.1) is 0 Å². The first kappa shape index (κ1) is 16.1. The molecule has 2 aromatic rings. The molecule has 1 aromatic carbocycles. The van der Waals surface area contributed by atoms with Crippen molar-refractivity contribution >= 4 is 5.91 Å². The number of aliphatic hydroxyl groups is 1. The van der Waals surface area contributed by atoms with Crippen LogP contribution >= 0.6 is 0 Å². The number of imidazole rings is 1. The molecule has 6 nitrogen and oxygen atoms in total. The summed E-state index contributed by atoms with van der Waals surface area (Å²) in [7, 11) is 3.50. The fraction of sp³-hybridized carbons (Fsp3) is 0.474. The SMILES string of the molecule is COc1cccc(C(=O)N2[C@@H]3CC[C@H]2CC(O)(c2nccn2C)C3)c1. The van der Waals surface area contributed by atoms with Crippen molar-refractivity contribution in [3.8, 4) is 5.75 Å². The van der Waals surface area contributed by atoms with E-state index in [-0.39, 0.29) is 18.0 Å². The molecule has 1 amide bonds. The van der Waals surface area contributed by atoms with E-state index in [9.17, 15) is 9.90 Å². The lowest BCUT2D eigenvalue weighted by molar-refractivity contribution is -0.0555. The smallest absolute Gasteiger partial charge is 0.254 e. The number of carbonyl (C=O) groups is 1. The fourth-order valence-electron chi connectivity index (χ4n) is 4.46. The molecular weight excluding hydrogens is 318 g/mol. The van der Waals surface area contributed by atoms with E-state index in [1.165, 1.54) is 0 Å². The molecule has 3 atom stereocenters. The molecule has 132 valence electrons. The Hall–Kier alpha value is -2.34. The predicted octanol–water partition coefficient (Wildman–Crippen LogP) is 2.08. The Morgan fingerprint density at radius 2 is 2.04 bits per heavy atom. The van der Waals surface area contributed by atoms with Crippen molar-refractivity contribution < 1.29 is 14.6 Å². The van der Waals surface area contributed by atoms with E-state index >= 15 is 0 Å². The van der Waals surface area contributed by atoms with Crippen molar-refractivity contribution in [3.05, 3.63) is 48.0 Å². The number of aryl methyl sites for hydroxylation is 1. The molecule has 25 heavy (non-hydrogen) atoms. The molecule has 2 bridgehead atoms. The highest BCUT2D eigenvalue weighted by molar-refractivity contribution is 5.95. The molecule has 2 aliphatic rings. The van der Waals surface area contributed by atoms with Gasteiger partial charge < -0.3 is 19.3 Å². The second-order valence-electron chi connectivity index (χ2n) is 7.13. The summed E-state index contributed by atoms with van der Waals surface area (Å²) in [5, 5.41) is 11.2. The quantitative estimate of drug-likeness (QED) is 0.928. The van der Waals surface area contributed by atoms with Gasteiger partial charge in [-0.2, -0.15) is 0 Å². The Kier molecular flexibility index (Phi) is 3.80. The number of piperidine rings is 1. The van der Waals surface area contributed by atoms with E-state index in [1.54, 1.807) is 19.4 Å². The van der Waals surface area contributed by atoms with Crippen LogP contribution in [0.5, 0.6) is 5.75 Å². The molecule has 6 heteroatoms. The average molecular weight is 341 g/mol. The highest BCUT2D eigenvalue weighted by Crippen LogP contribution is 2.45. The molecule has 4 rings (SSSR count). The molecule has 0 radical (unpaired) electrons. The van der Waals surface area contributed by atoms with E-state index in [4.69, 9.17) is 4.74 Å². The zero-order valence-corrected chi connectivity index (χ0v) is 14.6. The standard InChI is InChI=1S/C19H23N3O3/c1-21-9-8-20-18(21)19(24)11-14-6-7-15(12-19)22(14)17(23)13-4-3-5-16(10-13)25-2/h3-5,8-10,14-15,24H,6-7,11-12H2,1-2H3/t14-,15+,19?. The van der Waals surface area contributed by atoms with Crippen LogP contribution < -0.4 is 4.74 Å². The van der Waals surface area contributed by atoms with Gasteiger partial charge in [-0.05, 0) is 31.0 Å². The van der Waals surface area contributed by atoms with E-state index in [1.807, 2.05) is 40.9 Å². The molecule has 3 heterocycles.